The van der Waals surface area contributed by atoms with E-state index in [-0.39, 0.29) is 24.0 Å². The van der Waals surface area contributed by atoms with E-state index < -0.39 is 0 Å². The van der Waals surface area contributed by atoms with E-state index in [0.29, 0.717) is 0 Å². The zero-order chi connectivity index (χ0) is 15.8. The van der Waals surface area contributed by atoms with E-state index in [9.17, 15) is 0 Å². The summed E-state index contributed by atoms with van der Waals surface area (Å²) in [7, 11) is 3.88. The predicted molar refractivity (Wildman–Crippen MR) is 111 cm³/mol. The standard InChI is InChI=1S/C17H26BrN3O.HI/c1-19-17(20-10-3-11-22-13-15-4-5-15)21(2)12-14-6-8-16(18)9-7-14;/h6-9,15H,3-5,10-13H2,1-2H3,(H,19,20);1H. The second kappa shape index (κ2) is 11.3. The molecular weight excluding hydrogens is 469 g/mol. The minimum atomic E-state index is 0. The Morgan fingerprint density at radius 2 is 2.04 bits per heavy atom. The molecule has 2 rings (SSSR count). The Hall–Kier alpha value is -0.340. The van der Waals surface area contributed by atoms with Crippen LogP contribution < -0.4 is 5.32 Å². The summed E-state index contributed by atoms with van der Waals surface area (Å²) in [5, 5.41) is 3.39. The lowest BCUT2D eigenvalue weighted by molar-refractivity contribution is 0.122. The molecule has 1 aromatic carbocycles. The fourth-order valence-electron chi connectivity index (χ4n) is 2.23. The van der Waals surface area contributed by atoms with Gasteiger partial charge in [0.1, 0.15) is 0 Å². The Kier molecular flexibility index (Phi) is 10.1. The summed E-state index contributed by atoms with van der Waals surface area (Å²) in [6, 6.07) is 8.38. The van der Waals surface area contributed by atoms with Crippen molar-refractivity contribution in [3.8, 4) is 0 Å². The molecule has 23 heavy (non-hydrogen) atoms. The molecule has 4 nitrogen and oxygen atoms in total. The summed E-state index contributed by atoms with van der Waals surface area (Å²) in [6.07, 6.45) is 3.72. The van der Waals surface area contributed by atoms with E-state index in [0.717, 1.165) is 49.1 Å². The van der Waals surface area contributed by atoms with Gasteiger partial charge in [0.15, 0.2) is 5.96 Å². The van der Waals surface area contributed by atoms with Crippen molar-refractivity contribution >= 4 is 45.9 Å². The van der Waals surface area contributed by atoms with Crippen molar-refractivity contribution in [2.75, 3.05) is 33.9 Å². The largest absolute Gasteiger partial charge is 0.381 e. The van der Waals surface area contributed by atoms with Crippen molar-refractivity contribution in [3.05, 3.63) is 34.3 Å². The summed E-state index contributed by atoms with van der Waals surface area (Å²) >= 11 is 3.46. The Bertz CT molecular complexity index is 477. The third-order valence-corrected chi connectivity index (χ3v) is 4.23. The van der Waals surface area contributed by atoms with Crippen LogP contribution in [0.4, 0.5) is 0 Å². The zero-order valence-corrected chi connectivity index (χ0v) is 17.8. The molecule has 0 spiro atoms. The van der Waals surface area contributed by atoms with E-state index in [1.54, 1.807) is 0 Å². The molecule has 0 bridgehead atoms. The van der Waals surface area contributed by atoms with Gasteiger partial charge in [-0.25, -0.2) is 0 Å². The average Bonchev–Trinajstić information content (AvgIpc) is 3.33. The highest BCUT2D eigenvalue weighted by Crippen LogP contribution is 2.28. The summed E-state index contributed by atoms with van der Waals surface area (Å²) < 4.78 is 6.75. The first-order chi connectivity index (χ1) is 10.7. The lowest BCUT2D eigenvalue weighted by atomic mass is 10.2. The van der Waals surface area contributed by atoms with Gasteiger partial charge < -0.3 is 15.0 Å². The molecule has 0 aliphatic heterocycles. The molecule has 1 aromatic rings. The van der Waals surface area contributed by atoms with Gasteiger partial charge in [0, 0.05) is 44.9 Å². The van der Waals surface area contributed by atoms with Crippen LogP contribution in [0.3, 0.4) is 0 Å². The Balaban J connectivity index is 0.00000264. The van der Waals surface area contributed by atoms with Crippen molar-refractivity contribution in [1.29, 1.82) is 0 Å². The first-order valence-electron chi connectivity index (χ1n) is 7.93. The number of guanidine groups is 1. The van der Waals surface area contributed by atoms with Crippen LogP contribution in [0.1, 0.15) is 24.8 Å². The fourth-order valence-corrected chi connectivity index (χ4v) is 2.50. The van der Waals surface area contributed by atoms with E-state index in [4.69, 9.17) is 4.74 Å². The van der Waals surface area contributed by atoms with Crippen LogP contribution in [0.25, 0.3) is 0 Å². The molecule has 1 fully saturated rings. The highest BCUT2D eigenvalue weighted by Gasteiger charge is 2.20. The number of nitrogens with zero attached hydrogens (tertiary/aromatic N) is 2. The van der Waals surface area contributed by atoms with Crippen molar-refractivity contribution in [2.24, 2.45) is 10.9 Å². The van der Waals surface area contributed by atoms with Gasteiger partial charge in [0.05, 0.1) is 0 Å². The molecule has 6 heteroatoms. The fraction of sp³-hybridized carbons (Fsp3) is 0.588. The molecule has 0 radical (unpaired) electrons. The van der Waals surface area contributed by atoms with Crippen molar-refractivity contribution in [2.45, 2.75) is 25.8 Å². The van der Waals surface area contributed by atoms with Crippen LogP contribution in [-0.2, 0) is 11.3 Å². The van der Waals surface area contributed by atoms with E-state index in [1.807, 2.05) is 7.05 Å². The van der Waals surface area contributed by atoms with E-state index in [1.165, 1.54) is 18.4 Å². The summed E-state index contributed by atoms with van der Waals surface area (Å²) in [5.74, 6) is 1.77. The quantitative estimate of drug-likeness (QED) is 0.257. The highest BCUT2D eigenvalue weighted by atomic mass is 127. The molecule has 0 atom stereocenters. The van der Waals surface area contributed by atoms with E-state index >= 15 is 0 Å². The maximum atomic E-state index is 5.64. The summed E-state index contributed by atoms with van der Waals surface area (Å²) in [4.78, 5) is 6.47. The first kappa shape index (κ1) is 20.7. The predicted octanol–water partition coefficient (Wildman–Crippen LogP) is 3.89. The van der Waals surface area contributed by atoms with Crippen LogP contribution in [0, 0.1) is 5.92 Å². The van der Waals surface area contributed by atoms with Gasteiger partial charge in [0.2, 0.25) is 0 Å². The molecule has 0 unspecified atom stereocenters. The normalized spacial score (nSPS) is 14.3. The van der Waals surface area contributed by atoms with Crippen LogP contribution >= 0.6 is 39.9 Å². The topological polar surface area (TPSA) is 36.9 Å². The third-order valence-electron chi connectivity index (χ3n) is 3.71. The van der Waals surface area contributed by atoms with Gasteiger partial charge >= 0.3 is 0 Å². The second-order valence-electron chi connectivity index (χ2n) is 5.83. The minimum Gasteiger partial charge on any atom is -0.381 e. The lowest BCUT2D eigenvalue weighted by Gasteiger charge is -2.22. The lowest BCUT2D eigenvalue weighted by Crippen LogP contribution is -2.39. The molecule has 0 aromatic heterocycles. The van der Waals surface area contributed by atoms with E-state index in [2.05, 4.69) is 62.5 Å². The van der Waals surface area contributed by atoms with Gasteiger partial charge in [0.25, 0.3) is 0 Å². The number of nitrogens with one attached hydrogen (secondary N) is 1. The second-order valence-corrected chi connectivity index (χ2v) is 6.74. The summed E-state index contributed by atoms with van der Waals surface area (Å²) in [5.41, 5.74) is 1.27. The third kappa shape index (κ3) is 8.35. The maximum Gasteiger partial charge on any atom is 0.193 e. The van der Waals surface area contributed by atoms with Gasteiger partial charge in [-0.3, -0.25) is 4.99 Å². The maximum absolute atomic E-state index is 5.64. The Labute approximate surface area is 165 Å². The summed E-state index contributed by atoms with van der Waals surface area (Å²) in [6.45, 7) is 3.50. The smallest absolute Gasteiger partial charge is 0.193 e. The number of hydrogen-bond donors (Lipinski definition) is 1. The molecule has 0 saturated heterocycles. The molecule has 1 aliphatic carbocycles. The molecule has 1 N–H and O–H groups in total. The van der Waals surface area contributed by atoms with Crippen LogP contribution in [0.5, 0.6) is 0 Å². The number of aliphatic imine (C=N–C) groups is 1. The number of rotatable bonds is 8. The molecule has 1 aliphatic rings. The number of hydrogen-bond acceptors (Lipinski definition) is 2. The average molecular weight is 496 g/mol. The van der Waals surface area contributed by atoms with Gasteiger partial charge in [-0.1, -0.05) is 28.1 Å². The molecular formula is C17H27BrIN3O. The van der Waals surface area contributed by atoms with Crippen molar-refractivity contribution < 1.29 is 4.74 Å². The Morgan fingerprint density at radius 1 is 1.35 bits per heavy atom. The molecule has 0 amide bonds. The van der Waals surface area contributed by atoms with Crippen LogP contribution in [-0.4, -0.2) is 44.7 Å². The first-order valence-corrected chi connectivity index (χ1v) is 8.72. The monoisotopic (exact) mass is 495 g/mol. The van der Waals surface area contributed by atoms with Crippen molar-refractivity contribution in [1.82, 2.24) is 10.2 Å². The van der Waals surface area contributed by atoms with Crippen LogP contribution in [0.2, 0.25) is 0 Å². The highest BCUT2D eigenvalue weighted by molar-refractivity contribution is 14.0. The van der Waals surface area contributed by atoms with Gasteiger partial charge in [-0.05, 0) is 42.9 Å². The zero-order valence-electron chi connectivity index (χ0n) is 13.9. The molecule has 130 valence electrons. The number of ether oxygens (including phenoxy) is 1. The number of halogens is 2. The minimum absolute atomic E-state index is 0. The van der Waals surface area contributed by atoms with Gasteiger partial charge in [-0.2, -0.15) is 0 Å². The van der Waals surface area contributed by atoms with Crippen molar-refractivity contribution in [3.63, 3.8) is 0 Å². The molecule has 0 heterocycles. The number of benzene rings is 1. The Morgan fingerprint density at radius 3 is 2.65 bits per heavy atom. The molecule has 1 saturated carbocycles. The van der Waals surface area contributed by atoms with Gasteiger partial charge in [-0.15, -0.1) is 24.0 Å². The van der Waals surface area contributed by atoms with Crippen LogP contribution in [0.15, 0.2) is 33.7 Å². The SMILES string of the molecule is CN=C(NCCCOCC1CC1)N(C)Cc1ccc(Br)cc1.I.